The van der Waals surface area contributed by atoms with Gasteiger partial charge in [0.25, 0.3) is 0 Å². The second-order valence-electron chi connectivity index (χ2n) is 3.48. The lowest BCUT2D eigenvalue weighted by Gasteiger charge is -2.11. The molecule has 1 aromatic rings. The van der Waals surface area contributed by atoms with Crippen LogP contribution in [0.25, 0.3) is 0 Å². The molecule has 0 amide bonds. The first-order valence-electron chi connectivity index (χ1n) is 4.88. The number of aromatic carboxylic acids is 1. The zero-order chi connectivity index (χ0) is 11.4. The van der Waals surface area contributed by atoms with Crippen molar-refractivity contribution >= 4 is 18.4 Å². The number of nitrogens with two attached hydrogens (primary N) is 1. The van der Waals surface area contributed by atoms with Gasteiger partial charge in [-0.25, -0.2) is 4.79 Å². The van der Waals surface area contributed by atoms with Crippen molar-refractivity contribution in [2.45, 2.75) is 25.8 Å². The van der Waals surface area contributed by atoms with E-state index in [1.54, 1.807) is 6.07 Å². The number of hydrogen-bond acceptors (Lipinski definition) is 3. The van der Waals surface area contributed by atoms with Crippen LogP contribution in [0.1, 0.15) is 41.7 Å². The summed E-state index contributed by atoms with van der Waals surface area (Å²) < 4.78 is 0. The Kier molecular flexibility index (Phi) is 5.85. The molecule has 16 heavy (non-hydrogen) atoms. The summed E-state index contributed by atoms with van der Waals surface area (Å²) in [6.45, 7) is 2.01. The summed E-state index contributed by atoms with van der Waals surface area (Å²) in [7, 11) is 0. The Hall–Kier alpha value is -1.26. The minimum Gasteiger partial charge on any atom is -0.507 e. The maximum absolute atomic E-state index is 10.8. The van der Waals surface area contributed by atoms with Gasteiger partial charge in [-0.1, -0.05) is 19.4 Å². The van der Waals surface area contributed by atoms with Gasteiger partial charge in [-0.15, -0.1) is 12.4 Å². The molecule has 0 radical (unpaired) electrons. The van der Waals surface area contributed by atoms with E-state index in [9.17, 15) is 9.90 Å². The number of halogens is 1. The molecule has 1 aromatic carbocycles. The Bertz CT molecular complexity index is 368. The van der Waals surface area contributed by atoms with E-state index in [2.05, 4.69) is 0 Å². The molecule has 0 heterocycles. The van der Waals surface area contributed by atoms with Crippen molar-refractivity contribution in [2.24, 2.45) is 5.73 Å². The van der Waals surface area contributed by atoms with Crippen LogP contribution in [0.4, 0.5) is 0 Å². The molecule has 0 aliphatic heterocycles. The third-order valence-corrected chi connectivity index (χ3v) is 2.28. The summed E-state index contributed by atoms with van der Waals surface area (Å²) in [5.41, 5.74) is 6.49. The summed E-state index contributed by atoms with van der Waals surface area (Å²) in [4.78, 5) is 10.8. The largest absolute Gasteiger partial charge is 0.507 e. The zero-order valence-corrected chi connectivity index (χ0v) is 9.83. The molecule has 0 saturated carbocycles. The molecule has 0 unspecified atom stereocenters. The van der Waals surface area contributed by atoms with Crippen LogP contribution < -0.4 is 5.73 Å². The molecule has 4 N–H and O–H groups in total. The molecule has 0 aliphatic carbocycles. The summed E-state index contributed by atoms with van der Waals surface area (Å²) in [6.07, 6.45) is 1.73. The van der Waals surface area contributed by atoms with Gasteiger partial charge in [-0.2, -0.15) is 0 Å². The van der Waals surface area contributed by atoms with Crippen LogP contribution in [0.15, 0.2) is 18.2 Å². The van der Waals surface area contributed by atoms with Crippen LogP contribution in [0.5, 0.6) is 5.75 Å². The molecule has 0 bridgehead atoms. The van der Waals surface area contributed by atoms with Gasteiger partial charge >= 0.3 is 5.97 Å². The number of carbonyl (C=O) groups is 1. The lowest BCUT2D eigenvalue weighted by Crippen LogP contribution is -2.10. The van der Waals surface area contributed by atoms with Crippen molar-refractivity contribution in [3.05, 3.63) is 29.3 Å². The Labute approximate surface area is 100 Å². The van der Waals surface area contributed by atoms with Gasteiger partial charge in [-0.3, -0.25) is 0 Å². The first-order valence-corrected chi connectivity index (χ1v) is 4.88. The molecule has 0 aromatic heterocycles. The zero-order valence-electron chi connectivity index (χ0n) is 9.01. The van der Waals surface area contributed by atoms with Crippen molar-refractivity contribution in [1.82, 2.24) is 0 Å². The Balaban J connectivity index is 0.00000225. The lowest BCUT2D eigenvalue weighted by molar-refractivity contribution is 0.0693. The smallest absolute Gasteiger partial charge is 0.339 e. The van der Waals surface area contributed by atoms with Crippen LogP contribution in [0.3, 0.4) is 0 Å². The van der Waals surface area contributed by atoms with Gasteiger partial charge in [0.1, 0.15) is 11.3 Å². The molecule has 0 fully saturated rings. The summed E-state index contributed by atoms with van der Waals surface area (Å²) in [6, 6.07) is 4.28. The van der Waals surface area contributed by atoms with E-state index in [4.69, 9.17) is 10.8 Å². The molecule has 4 nitrogen and oxygen atoms in total. The van der Waals surface area contributed by atoms with Crippen LogP contribution in [0.2, 0.25) is 0 Å². The standard InChI is InChI=1S/C11H15NO3.ClH/c1-2-3-9(12)7-4-5-10(13)8(6-7)11(14)15;/h4-6,9,13H,2-3,12H2,1H3,(H,14,15);1H/t9-;/m1./s1. The monoisotopic (exact) mass is 245 g/mol. The summed E-state index contributed by atoms with van der Waals surface area (Å²) in [5.74, 6) is -1.37. The number of benzene rings is 1. The number of carboxylic acid groups (broad SMARTS) is 1. The van der Waals surface area contributed by atoms with Crippen LogP contribution in [-0.2, 0) is 0 Å². The lowest BCUT2D eigenvalue weighted by atomic mass is 10.0. The first kappa shape index (κ1) is 14.7. The van der Waals surface area contributed by atoms with Crippen LogP contribution >= 0.6 is 12.4 Å². The predicted octanol–water partition coefficient (Wildman–Crippen LogP) is 2.31. The van der Waals surface area contributed by atoms with E-state index < -0.39 is 5.97 Å². The highest BCUT2D eigenvalue weighted by Crippen LogP contribution is 2.23. The van der Waals surface area contributed by atoms with Gasteiger partial charge in [0.2, 0.25) is 0 Å². The fourth-order valence-corrected chi connectivity index (χ4v) is 1.43. The van der Waals surface area contributed by atoms with Gasteiger partial charge in [0.15, 0.2) is 0 Å². The average Bonchev–Trinajstić information content (AvgIpc) is 2.18. The molecule has 1 atom stereocenters. The number of carboxylic acids is 1. The summed E-state index contributed by atoms with van der Waals surface area (Å²) >= 11 is 0. The third kappa shape index (κ3) is 3.40. The maximum atomic E-state index is 10.8. The fourth-order valence-electron chi connectivity index (χ4n) is 1.43. The van der Waals surface area contributed by atoms with Crippen molar-refractivity contribution in [3.8, 4) is 5.75 Å². The van der Waals surface area contributed by atoms with Gasteiger partial charge < -0.3 is 15.9 Å². The topological polar surface area (TPSA) is 83.5 Å². The number of aromatic hydroxyl groups is 1. The highest BCUT2D eigenvalue weighted by molar-refractivity contribution is 5.90. The van der Waals surface area contributed by atoms with Crippen molar-refractivity contribution in [1.29, 1.82) is 0 Å². The second-order valence-corrected chi connectivity index (χ2v) is 3.48. The first-order chi connectivity index (χ1) is 7.06. The fraction of sp³-hybridized carbons (Fsp3) is 0.364. The third-order valence-electron chi connectivity index (χ3n) is 2.28. The maximum Gasteiger partial charge on any atom is 0.339 e. The molecular formula is C11H16ClNO3. The van der Waals surface area contributed by atoms with Crippen molar-refractivity contribution in [3.63, 3.8) is 0 Å². The normalized spacial score (nSPS) is 11.6. The van der Waals surface area contributed by atoms with Gasteiger partial charge in [-0.05, 0) is 24.1 Å². The average molecular weight is 246 g/mol. The second kappa shape index (κ2) is 6.35. The van der Waals surface area contributed by atoms with Crippen LogP contribution in [-0.4, -0.2) is 16.2 Å². The molecule has 0 saturated heterocycles. The summed E-state index contributed by atoms with van der Waals surface area (Å²) in [5, 5.41) is 18.1. The van der Waals surface area contributed by atoms with Crippen molar-refractivity contribution < 1.29 is 15.0 Å². The predicted molar refractivity (Wildman–Crippen MR) is 64.2 cm³/mol. The number of hydrogen-bond donors (Lipinski definition) is 3. The SMILES string of the molecule is CCC[C@@H](N)c1ccc(O)c(C(=O)O)c1.Cl. The minimum absolute atomic E-state index is 0. The number of phenols is 1. The molecule has 1 rings (SSSR count). The molecule has 5 heteroatoms. The Morgan fingerprint density at radius 2 is 2.12 bits per heavy atom. The highest BCUT2D eigenvalue weighted by atomic mass is 35.5. The quantitative estimate of drug-likeness (QED) is 0.760. The minimum atomic E-state index is -1.14. The Morgan fingerprint density at radius 3 is 2.62 bits per heavy atom. The number of rotatable bonds is 4. The molecule has 0 spiro atoms. The highest BCUT2D eigenvalue weighted by Gasteiger charge is 2.12. The molecular weight excluding hydrogens is 230 g/mol. The van der Waals surface area contributed by atoms with Crippen molar-refractivity contribution in [2.75, 3.05) is 0 Å². The van der Waals surface area contributed by atoms with E-state index in [1.807, 2.05) is 6.92 Å². The van der Waals surface area contributed by atoms with E-state index in [0.717, 1.165) is 18.4 Å². The molecule has 90 valence electrons. The Morgan fingerprint density at radius 1 is 1.50 bits per heavy atom. The van der Waals surface area contributed by atoms with E-state index in [-0.39, 0.29) is 29.8 Å². The van der Waals surface area contributed by atoms with E-state index in [0.29, 0.717) is 0 Å². The van der Waals surface area contributed by atoms with Crippen LogP contribution in [0, 0.1) is 0 Å². The van der Waals surface area contributed by atoms with Gasteiger partial charge in [0.05, 0.1) is 0 Å². The molecule has 0 aliphatic rings. The van der Waals surface area contributed by atoms with Gasteiger partial charge in [0, 0.05) is 6.04 Å². The van der Waals surface area contributed by atoms with E-state index >= 15 is 0 Å². The van der Waals surface area contributed by atoms with E-state index in [1.165, 1.54) is 12.1 Å².